The lowest BCUT2D eigenvalue weighted by atomic mass is 10.2. The van der Waals surface area contributed by atoms with Crippen LogP contribution in [0.15, 0.2) is 22.7 Å². The van der Waals surface area contributed by atoms with Gasteiger partial charge in [0.25, 0.3) is 0 Å². The third-order valence-electron chi connectivity index (χ3n) is 1.31. The maximum absolute atomic E-state index is 12.8. The number of nitrogens with two attached hydrogens (primary N) is 1. The van der Waals surface area contributed by atoms with Gasteiger partial charge < -0.3 is 0 Å². The molecule has 14 heavy (non-hydrogen) atoms. The molecule has 7 heteroatoms. The van der Waals surface area contributed by atoms with E-state index in [1.54, 1.807) is 0 Å². The summed E-state index contributed by atoms with van der Waals surface area (Å²) in [5, 5.41) is 4.60. The van der Waals surface area contributed by atoms with E-state index in [1.165, 1.54) is 12.1 Å². The first-order valence-corrected chi connectivity index (χ1v) is 5.75. The molecule has 0 aliphatic heterocycles. The second-order valence-electron chi connectivity index (χ2n) is 2.53. The molecule has 1 rings (SSSR count). The van der Waals surface area contributed by atoms with Crippen LogP contribution in [0.3, 0.4) is 0 Å². The molecule has 0 radical (unpaired) electrons. The van der Waals surface area contributed by atoms with Crippen LogP contribution in [0, 0.1) is 5.82 Å². The fraction of sp³-hybridized carbons (Fsp3) is 0.143. The molecule has 0 spiro atoms. The Kier molecular flexibility index (Phi) is 3.59. The summed E-state index contributed by atoms with van der Waals surface area (Å²) >= 11 is 3.06. The normalized spacial score (nSPS) is 11.6. The second kappa shape index (κ2) is 4.35. The molecule has 0 unspecified atom stereocenters. The molecule has 78 valence electrons. The lowest BCUT2D eigenvalue weighted by Crippen LogP contribution is -2.15. The molecule has 0 atom stereocenters. The van der Waals surface area contributed by atoms with Crippen molar-refractivity contribution >= 4 is 26.2 Å². The van der Waals surface area contributed by atoms with E-state index in [1.807, 2.05) is 0 Å². The Morgan fingerprint density at radius 3 is 2.57 bits per heavy atom. The van der Waals surface area contributed by atoms with Crippen LogP contribution in [0.4, 0.5) is 4.39 Å². The minimum absolute atomic E-state index is 0.283. The van der Waals surface area contributed by atoms with E-state index in [-0.39, 0.29) is 6.61 Å². The average Bonchev–Trinajstić information content (AvgIpc) is 1.97. The lowest BCUT2D eigenvalue weighted by Gasteiger charge is -2.02. The number of hydrogen-bond acceptors (Lipinski definition) is 3. The zero-order valence-corrected chi connectivity index (χ0v) is 9.31. The van der Waals surface area contributed by atoms with Crippen molar-refractivity contribution in [1.29, 1.82) is 0 Å². The molecule has 1 aromatic carbocycles. The highest BCUT2D eigenvalue weighted by molar-refractivity contribution is 9.10. The fourth-order valence-electron chi connectivity index (χ4n) is 0.844. The Bertz CT molecular complexity index is 414. The van der Waals surface area contributed by atoms with Crippen molar-refractivity contribution in [2.75, 3.05) is 0 Å². The van der Waals surface area contributed by atoms with Crippen molar-refractivity contribution in [1.82, 2.24) is 0 Å². The molecule has 0 saturated carbocycles. The highest BCUT2D eigenvalue weighted by atomic mass is 79.9. The second-order valence-corrected chi connectivity index (χ2v) is 4.67. The van der Waals surface area contributed by atoms with E-state index < -0.39 is 16.1 Å². The monoisotopic (exact) mass is 283 g/mol. The first kappa shape index (κ1) is 11.6. The molecule has 0 aromatic heterocycles. The lowest BCUT2D eigenvalue weighted by molar-refractivity contribution is 0.308. The average molecular weight is 284 g/mol. The van der Waals surface area contributed by atoms with Crippen molar-refractivity contribution in [3.05, 3.63) is 34.1 Å². The Labute approximate surface area is 89.3 Å². The van der Waals surface area contributed by atoms with Crippen LogP contribution in [0.25, 0.3) is 0 Å². The van der Waals surface area contributed by atoms with E-state index in [4.69, 9.17) is 0 Å². The largest absolute Gasteiger partial charge is 0.333 e. The molecule has 2 N–H and O–H groups in total. The van der Waals surface area contributed by atoms with Gasteiger partial charge >= 0.3 is 10.3 Å². The van der Waals surface area contributed by atoms with Crippen molar-refractivity contribution in [2.45, 2.75) is 6.61 Å². The van der Waals surface area contributed by atoms with Gasteiger partial charge in [-0.25, -0.2) is 9.53 Å². The fourth-order valence-corrected chi connectivity index (χ4v) is 1.66. The summed E-state index contributed by atoms with van der Waals surface area (Å²) < 4.78 is 38.4. The number of halogens is 2. The van der Waals surface area contributed by atoms with Gasteiger partial charge in [0.15, 0.2) is 0 Å². The SMILES string of the molecule is NS(=O)(=O)OCc1cc(F)cc(Br)c1. The van der Waals surface area contributed by atoms with Gasteiger partial charge in [-0.05, 0) is 23.8 Å². The van der Waals surface area contributed by atoms with E-state index >= 15 is 0 Å². The number of benzene rings is 1. The van der Waals surface area contributed by atoms with Gasteiger partial charge in [-0.3, -0.25) is 4.18 Å². The molecule has 0 fully saturated rings. The van der Waals surface area contributed by atoms with Crippen LogP contribution in [-0.2, 0) is 21.1 Å². The summed E-state index contributed by atoms with van der Waals surface area (Å²) in [4.78, 5) is 0. The van der Waals surface area contributed by atoms with E-state index in [0.29, 0.717) is 10.0 Å². The molecular formula is C7H7BrFNO3S. The standard InChI is InChI=1S/C7H7BrFNO3S/c8-6-1-5(2-7(9)3-6)4-13-14(10,11)12/h1-3H,4H2,(H2,10,11,12). The molecule has 0 saturated heterocycles. The highest BCUT2D eigenvalue weighted by Gasteiger charge is 2.04. The summed E-state index contributed by atoms with van der Waals surface area (Å²) in [6.45, 7) is -0.283. The van der Waals surface area contributed by atoms with E-state index in [9.17, 15) is 12.8 Å². The van der Waals surface area contributed by atoms with Crippen molar-refractivity contribution in [2.24, 2.45) is 5.14 Å². The summed E-state index contributed by atoms with van der Waals surface area (Å²) in [6.07, 6.45) is 0. The quantitative estimate of drug-likeness (QED) is 0.909. The van der Waals surface area contributed by atoms with E-state index in [0.717, 1.165) is 6.07 Å². The Hall–Kier alpha value is -0.500. The molecule has 0 bridgehead atoms. The van der Waals surface area contributed by atoms with Gasteiger partial charge in [0.05, 0.1) is 6.61 Å². The Morgan fingerprint density at radius 2 is 2.07 bits per heavy atom. The first-order chi connectivity index (χ1) is 6.37. The van der Waals surface area contributed by atoms with Crippen LogP contribution in [0.5, 0.6) is 0 Å². The molecule has 0 amide bonds. The van der Waals surface area contributed by atoms with Crippen molar-refractivity contribution in [3.63, 3.8) is 0 Å². The van der Waals surface area contributed by atoms with Crippen LogP contribution < -0.4 is 5.14 Å². The maximum atomic E-state index is 12.8. The first-order valence-electron chi connectivity index (χ1n) is 3.49. The van der Waals surface area contributed by atoms with Gasteiger partial charge in [0, 0.05) is 4.47 Å². The minimum atomic E-state index is -3.99. The Balaban J connectivity index is 2.78. The van der Waals surface area contributed by atoms with Gasteiger partial charge in [0.1, 0.15) is 5.82 Å². The topological polar surface area (TPSA) is 69.4 Å². The smallest absolute Gasteiger partial charge is 0.253 e. The summed E-state index contributed by atoms with van der Waals surface area (Å²) in [5.41, 5.74) is 0.380. The molecule has 0 aliphatic carbocycles. The van der Waals surface area contributed by atoms with Gasteiger partial charge in [-0.15, -0.1) is 0 Å². The molecule has 4 nitrogen and oxygen atoms in total. The number of rotatable bonds is 3. The summed E-state index contributed by atoms with van der Waals surface area (Å²) in [5.74, 6) is -0.479. The van der Waals surface area contributed by atoms with E-state index in [2.05, 4.69) is 25.3 Å². The van der Waals surface area contributed by atoms with Gasteiger partial charge in [0.2, 0.25) is 0 Å². The minimum Gasteiger partial charge on any atom is -0.253 e. The Morgan fingerprint density at radius 1 is 1.43 bits per heavy atom. The third-order valence-corrected chi connectivity index (χ3v) is 2.22. The van der Waals surface area contributed by atoms with Crippen LogP contribution >= 0.6 is 15.9 Å². The van der Waals surface area contributed by atoms with Crippen molar-refractivity contribution < 1.29 is 17.0 Å². The third kappa shape index (κ3) is 4.14. The van der Waals surface area contributed by atoms with Crippen molar-refractivity contribution in [3.8, 4) is 0 Å². The predicted molar refractivity (Wildman–Crippen MR) is 52.0 cm³/mol. The van der Waals surface area contributed by atoms with Crippen LogP contribution in [0.2, 0.25) is 0 Å². The predicted octanol–water partition coefficient (Wildman–Crippen LogP) is 1.31. The number of hydrogen-bond donors (Lipinski definition) is 1. The molecule has 1 aromatic rings. The zero-order valence-electron chi connectivity index (χ0n) is 6.91. The summed E-state index contributed by atoms with van der Waals surface area (Å²) in [7, 11) is -3.99. The molecular weight excluding hydrogens is 277 g/mol. The van der Waals surface area contributed by atoms with Crippen LogP contribution in [0.1, 0.15) is 5.56 Å². The van der Waals surface area contributed by atoms with Crippen LogP contribution in [-0.4, -0.2) is 8.42 Å². The highest BCUT2D eigenvalue weighted by Crippen LogP contribution is 2.15. The molecule has 0 heterocycles. The summed E-state index contributed by atoms with van der Waals surface area (Å²) in [6, 6.07) is 3.95. The maximum Gasteiger partial charge on any atom is 0.333 e. The molecule has 0 aliphatic rings. The van der Waals surface area contributed by atoms with Gasteiger partial charge in [-0.2, -0.15) is 8.42 Å². The zero-order chi connectivity index (χ0) is 10.8. The van der Waals surface area contributed by atoms with Gasteiger partial charge in [-0.1, -0.05) is 15.9 Å².